The van der Waals surface area contributed by atoms with Gasteiger partial charge in [-0.1, -0.05) is 35.9 Å². The quantitative estimate of drug-likeness (QED) is 0.790. The topological polar surface area (TPSA) is 78.5 Å². The smallest absolute Gasteiger partial charge is 0.243 e. The molecule has 3 rings (SSSR count). The summed E-state index contributed by atoms with van der Waals surface area (Å²) in [6, 6.07) is 16.2. The lowest BCUT2D eigenvalue weighted by atomic mass is 9.98. The van der Waals surface area contributed by atoms with Crippen molar-refractivity contribution >= 4 is 21.6 Å². The summed E-state index contributed by atoms with van der Waals surface area (Å²) in [5, 5.41) is 0. The minimum Gasteiger partial charge on any atom is -0.299 e. The summed E-state index contributed by atoms with van der Waals surface area (Å²) in [4.78, 5) is 12.6. The van der Waals surface area contributed by atoms with E-state index in [1.54, 1.807) is 24.3 Å². The Bertz CT molecular complexity index is 843. The highest BCUT2D eigenvalue weighted by Crippen LogP contribution is 2.24. The highest BCUT2D eigenvalue weighted by Gasteiger charge is 2.32. The molecular weight excluding hydrogens is 350 g/mol. The fraction of sp³-hybridized carbons (Fsp3) is 0.316. The summed E-state index contributed by atoms with van der Waals surface area (Å²) < 4.78 is 26.9. The fourth-order valence-electron chi connectivity index (χ4n) is 2.97. The van der Waals surface area contributed by atoms with Crippen molar-refractivity contribution in [1.29, 1.82) is 0 Å². The Labute approximate surface area is 154 Å². The number of nitrogens with zero attached hydrogens (tertiary/aromatic N) is 1. The first-order valence-corrected chi connectivity index (χ1v) is 10.1. The molecule has 2 aromatic carbocycles. The number of hydrazine groups is 1. The number of benzene rings is 2. The van der Waals surface area contributed by atoms with Crippen LogP contribution in [-0.4, -0.2) is 31.7 Å². The molecule has 0 radical (unpaired) electrons. The number of nitrogens with one attached hydrogen (secondary N) is 2. The molecule has 0 atom stereocenters. The lowest BCUT2D eigenvalue weighted by Crippen LogP contribution is -2.44. The molecule has 1 saturated heterocycles. The number of rotatable bonds is 5. The van der Waals surface area contributed by atoms with Gasteiger partial charge < -0.3 is 0 Å². The minimum atomic E-state index is -3.50. The molecule has 1 aliphatic rings. The summed E-state index contributed by atoms with van der Waals surface area (Å²) in [6.45, 7) is 2.61. The average molecular weight is 373 g/mol. The van der Waals surface area contributed by atoms with E-state index in [0.29, 0.717) is 30.8 Å². The van der Waals surface area contributed by atoms with Crippen molar-refractivity contribution in [2.75, 3.05) is 18.5 Å². The molecule has 1 aliphatic heterocycles. The summed E-state index contributed by atoms with van der Waals surface area (Å²) in [6.07, 6.45) is 1.01. The number of carbonyl (C=O) groups excluding carboxylic acids is 1. The molecule has 7 heteroatoms. The third kappa shape index (κ3) is 4.23. The maximum absolute atomic E-state index is 12.7. The lowest BCUT2D eigenvalue weighted by molar-refractivity contribution is -0.125. The second kappa shape index (κ2) is 7.88. The molecule has 6 nitrogen and oxygen atoms in total. The first-order chi connectivity index (χ1) is 12.5. The van der Waals surface area contributed by atoms with E-state index in [0.717, 1.165) is 11.3 Å². The molecule has 1 fully saturated rings. The van der Waals surface area contributed by atoms with E-state index in [2.05, 4.69) is 10.9 Å². The number of hydrogen-bond acceptors (Lipinski definition) is 4. The Balaban J connectivity index is 1.55. The van der Waals surface area contributed by atoms with Crippen molar-refractivity contribution in [2.45, 2.75) is 24.7 Å². The van der Waals surface area contributed by atoms with Crippen LogP contribution in [0, 0.1) is 12.8 Å². The average Bonchev–Trinajstić information content (AvgIpc) is 2.67. The number of amides is 1. The van der Waals surface area contributed by atoms with Gasteiger partial charge in [0, 0.05) is 19.0 Å². The fourth-order valence-corrected chi connectivity index (χ4v) is 4.44. The van der Waals surface area contributed by atoms with E-state index in [9.17, 15) is 13.2 Å². The van der Waals surface area contributed by atoms with Gasteiger partial charge in [0.2, 0.25) is 15.9 Å². The van der Waals surface area contributed by atoms with E-state index in [1.165, 1.54) is 4.31 Å². The van der Waals surface area contributed by atoms with Crippen LogP contribution in [0.2, 0.25) is 0 Å². The third-order valence-corrected chi connectivity index (χ3v) is 6.50. The second-order valence-electron chi connectivity index (χ2n) is 6.47. The van der Waals surface area contributed by atoms with E-state index >= 15 is 0 Å². The Morgan fingerprint density at radius 3 is 2.23 bits per heavy atom. The predicted molar refractivity (Wildman–Crippen MR) is 101 cm³/mol. The van der Waals surface area contributed by atoms with Crippen molar-refractivity contribution in [2.24, 2.45) is 5.92 Å². The predicted octanol–water partition coefficient (Wildman–Crippen LogP) is 2.54. The highest BCUT2D eigenvalue weighted by molar-refractivity contribution is 7.89. The zero-order valence-corrected chi connectivity index (χ0v) is 15.5. The van der Waals surface area contributed by atoms with Gasteiger partial charge in [-0.2, -0.15) is 4.31 Å². The number of para-hydroxylation sites is 1. The van der Waals surface area contributed by atoms with Crippen molar-refractivity contribution in [1.82, 2.24) is 9.73 Å². The zero-order chi connectivity index (χ0) is 18.6. The molecule has 0 unspecified atom stereocenters. The monoisotopic (exact) mass is 373 g/mol. The zero-order valence-electron chi connectivity index (χ0n) is 14.7. The van der Waals surface area contributed by atoms with Crippen molar-refractivity contribution in [3.05, 3.63) is 60.2 Å². The van der Waals surface area contributed by atoms with Crippen molar-refractivity contribution in [3.8, 4) is 0 Å². The maximum atomic E-state index is 12.7. The summed E-state index contributed by atoms with van der Waals surface area (Å²) in [5.41, 5.74) is 7.41. The first kappa shape index (κ1) is 18.4. The number of carbonyl (C=O) groups is 1. The molecule has 2 N–H and O–H groups in total. The standard InChI is InChI=1S/C19H23N3O3S/c1-15-7-9-18(10-8-15)26(24,25)22-13-11-16(12-14-22)19(23)21-20-17-5-3-2-4-6-17/h2-10,16,20H,11-14H2,1H3,(H,21,23). The van der Waals surface area contributed by atoms with Gasteiger partial charge in [0.1, 0.15) is 0 Å². The van der Waals surface area contributed by atoms with Crippen LogP contribution < -0.4 is 10.9 Å². The van der Waals surface area contributed by atoms with Gasteiger partial charge in [-0.3, -0.25) is 15.6 Å². The van der Waals surface area contributed by atoms with Crippen LogP contribution in [-0.2, 0) is 14.8 Å². The third-order valence-electron chi connectivity index (χ3n) is 4.59. The Hall–Kier alpha value is -2.38. The van der Waals surface area contributed by atoms with E-state index in [4.69, 9.17) is 0 Å². The SMILES string of the molecule is Cc1ccc(S(=O)(=O)N2CCC(C(=O)NNc3ccccc3)CC2)cc1. The molecule has 26 heavy (non-hydrogen) atoms. The summed E-state index contributed by atoms with van der Waals surface area (Å²) >= 11 is 0. The minimum absolute atomic E-state index is 0.110. The van der Waals surface area contributed by atoms with Crippen molar-refractivity contribution in [3.63, 3.8) is 0 Å². The molecule has 0 saturated carbocycles. The molecule has 138 valence electrons. The lowest BCUT2D eigenvalue weighted by Gasteiger charge is -2.30. The van der Waals surface area contributed by atoms with Gasteiger partial charge >= 0.3 is 0 Å². The van der Waals surface area contributed by atoms with Crippen LogP contribution in [0.25, 0.3) is 0 Å². The van der Waals surface area contributed by atoms with Crippen LogP contribution in [0.15, 0.2) is 59.5 Å². The normalized spacial score (nSPS) is 16.2. The number of hydrogen-bond donors (Lipinski definition) is 2. The Morgan fingerprint density at radius 1 is 1.00 bits per heavy atom. The van der Waals surface area contributed by atoms with Gasteiger partial charge in [-0.15, -0.1) is 0 Å². The van der Waals surface area contributed by atoms with Gasteiger partial charge in [-0.25, -0.2) is 8.42 Å². The molecule has 1 heterocycles. The van der Waals surface area contributed by atoms with E-state index in [1.807, 2.05) is 37.3 Å². The molecular formula is C19H23N3O3S. The first-order valence-electron chi connectivity index (χ1n) is 8.64. The van der Waals surface area contributed by atoms with Gasteiger partial charge in [-0.05, 0) is 44.0 Å². The number of anilines is 1. The largest absolute Gasteiger partial charge is 0.299 e. The molecule has 0 aromatic heterocycles. The van der Waals surface area contributed by atoms with Gasteiger partial charge in [0.15, 0.2) is 0 Å². The van der Waals surface area contributed by atoms with Crippen LogP contribution in [0.3, 0.4) is 0 Å². The number of sulfonamides is 1. The number of piperidine rings is 1. The Kier molecular flexibility index (Phi) is 5.58. The van der Waals surface area contributed by atoms with Gasteiger partial charge in [0.05, 0.1) is 10.6 Å². The molecule has 0 spiro atoms. The van der Waals surface area contributed by atoms with Gasteiger partial charge in [0.25, 0.3) is 0 Å². The summed E-state index contributed by atoms with van der Waals surface area (Å²) in [5.74, 6) is -0.308. The Morgan fingerprint density at radius 2 is 1.62 bits per heavy atom. The van der Waals surface area contributed by atoms with Crippen molar-refractivity contribution < 1.29 is 13.2 Å². The molecule has 1 amide bonds. The van der Waals surface area contributed by atoms with Crippen LogP contribution in [0.1, 0.15) is 18.4 Å². The van der Waals surface area contributed by atoms with E-state index in [-0.39, 0.29) is 11.8 Å². The van der Waals surface area contributed by atoms with Crippen LogP contribution in [0.4, 0.5) is 5.69 Å². The molecule has 0 aliphatic carbocycles. The van der Waals surface area contributed by atoms with Crippen LogP contribution >= 0.6 is 0 Å². The second-order valence-corrected chi connectivity index (χ2v) is 8.41. The van der Waals surface area contributed by atoms with Crippen LogP contribution in [0.5, 0.6) is 0 Å². The summed E-state index contributed by atoms with van der Waals surface area (Å²) in [7, 11) is -3.50. The molecule has 0 bridgehead atoms. The van der Waals surface area contributed by atoms with E-state index < -0.39 is 10.0 Å². The highest BCUT2D eigenvalue weighted by atomic mass is 32.2. The maximum Gasteiger partial charge on any atom is 0.243 e. The number of aryl methyl sites for hydroxylation is 1. The molecule has 2 aromatic rings.